The van der Waals surface area contributed by atoms with Crippen molar-refractivity contribution in [2.45, 2.75) is 57.8 Å². The average Bonchev–Trinajstić information content (AvgIpc) is 3.14. The first-order valence-electron chi connectivity index (χ1n) is 19.3. The molecule has 3 aromatic carbocycles. The number of carbonyl (C=O) groups is 1. The summed E-state index contributed by atoms with van der Waals surface area (Å²) < 4.78 is 241. The highest BCUT2D eigenvalue weighted by atomic mass is 35.5. The van der Waals surface area contributed by atoms with Crippen LogP contribution >= 0.6 is 140 Å². The minimum atomic E-state index is -5.01. The van der Waals surface area contributed by atoms with E-state index in [9.17, 15) is 88.0 Å². The number of hydrogen-bond donors (Lipinski definition) is 2. The second-order valence-electron chi connectivity index (χ2n) is 14.1. The summed E-state index contributed by atoms with van der Waals surface area (Å²) in [5.41, 5.74) is -12.0. The van der Waals surface area contributed by atoms with Gasteiger partial charge >= 0.3 is 30.3 Å². The third kappa shape index (κ3) is 18.0. The molecular weight excluding hydrogens is 1450 g/mol. The monoisotopic (exact) mass is 1460 g/mol. The van der Waals surface area contributed by atoms with Gasteiger partial charge in [-0.2, -0.15) is 83.8 Å². The Hall–Kier alpha value is -4.16. The van der Waals surface area contributed by atoms with Gasteiger partial charge in [-0.1, -0.05) is 116 Å². The van der Waals surface area contributed by atoms with Crippen molar-refractivity contribution < 1.29 is 98.5 Å². The van der Waals surface area contributed by atoms with E-state index < -0.39 is 158 Å². The predicted octanol–water partition coefficient (Wildman–Crippen LogP) is 18.4. The molecule has 6 aromatic rings. The number of alkyl halides is 22. The Morgan fingerprint density at radius 2 is 0.843 bits per heavy atom. The van der Waals surface area contributed by atoms with Crippen LogP contribution < -0.4 is 0 Å². The number of aromatic nitrogens is 6. The zero-order valence-electron chi connectivity index (χ0n) is 37.7. The van der Waals surface area contributed by atoms with Gasteiger partial charge in [0, 0.05) is 0 Å². The van der Waals surface area contributed by atoms with E-state index in [2.05, 4.69) is 15.3 Å². The van der Waals surface area contributed by atoms with Crippen LogP contribution in [0.4, 0.5) is 79.0 Å². The molecule has 450 valence electrons. The van der Waals surface area contributed by atoms with Crippen molar-refractivity contribution >= 4 is 157 Å². The first-order valence-corrected chi connectivity index (χ1v) is 25.9. The number of benzene rings is 3. The summed E-state index contributed by atoms with van der Waals surface area (Å²) in [6.45, 7) is 0. The van der Waals surface area contributed by atoms with E-state index in [-0.39, 0.29) is 74.0 Å². The van der Waals surface area contributed by atoms with Gasteiger partial charge in [-0.3, -0.25) is 15.3 Å². The molecule has 3 aromatic heterocycles. The molecule has 0 spiro atoms. The van der Waals surface area contributed by atoms with Crippen molar-refractivity contribution in [1.82, 2.24) is 29.3 Å². The summed E-state index contributed by atoms with van der Waals surface area (Å²) in [6.07, 6.45) is -21.6. The van der Waals surface area contributed by atoms with Crippen molar-refractivity contribution in [2.75, 3.05) is 0 Å². The minimum absolute atomic E-state index is 0.0134. The maximum atomic E-state index is 14.3. The van der Waals surface area contributed by atoms with Crippen molar-refractivity contribution in [3.8, 4) is 35.3 Å². The summed E-state index contributed by atoms with van der Waals surface area (Å²) in [5.74, 6) is -3.39. The number of rotatable bonds is 12. The molecule has 13 nitrogen and oxygen atoms in total. The fraction of sp³-hybridized carbons (Fsp3) is 0.205. The molecule has 0 fully saturated rings. The molecule has 0 aliphatic heterocycles. The fourth-order valence-electron chi connectivity index (χ4n) is 5.99. The molecule has 0 aliphatic rings. The van der Waals surface area contributed by atoms with Gasteiger partial charge in [0.2, 0.25) is 0 Å². The maximum Gasteiger partial charge on any atom is 0.416 e. The Morgan fingerprint density at radius 1 is 0.530 bits per heavy atom. The molecule has 44 heteroatoms. The molecule has 1 unspecified atom stereocenters. The highest BCUT2D eigenvalue weighted by Gasteiger charge is 2.43. The molecule has 0 amide bonds. The summed E-state index contributed by atoms with van der Waals surface area (Å²) in [5, 5.41) is 46.6. The summed E-state index contributed by atoms with van der Waals surface area (Å²) in [4.78, 5) is 9.01. The highest BCUT2D eigenvalue weighted by Crippen LogP contribution is 2.49. The fourth-order valence-corrected chi connectivity index (χ4v) is 10.8. The Balaban J connectivity index is 0.000000322. The van der Waals surface area contributed by atoms with Gasteiger partial charge in [0.1, 0.15) is 68.0 Å². The van der Waals surface area contributed by atoms with Crippen LogP contribution in [0.5, 0.6) is 0 Å². The third-order valence-corrected chi connectivity index (χ3v) is 14.8. The summed E-state index contributed by atoms with van der Waals surface area (Å²) in [7, 11) is -3.30. The molecule has 0 aliphatic carbocycles. The molecule has 0 radical (unpaired) electrons. The van der Waals surface area contributed by atoms with Crippen LogP contribution in [-0.2, 0) is 29.3 Å². The summed E-state index contributed by atoms with van der Waals surface area (Å²) in [6, 6.07) is 5.79. The van der Waals surface area contributed by atoms with Crippen molar-refractivity contribution in [3.63, 3.8) is 0 Å². The van der Waals surface area contributed by atoms with Gasteiger partial charge in [0.05, 0.1) is 46.6 Å². The molecule has 0 bridgehead atoms. The second kappa shape index (κ2) is 28.1. The average molecular weight is 1460 g/mol. The van der Waals surface area contributed by atoms with Gasteiger partial charge in [0.15, 0.2) is 35.0 Å². The van der Waals surface area contributed by atoms with Gasteiger partial charge in [-0.25, -0.2) is 44.6 Å². The van der Waals surface area contributed by atoms with Crippen LogP contribution in [-0.4, -0.2) is 62.1 Å². The standard InChI is InChI=1S/C13H3Cl4F4N3OS.C13H3Cl3F7N3OS.C13H3Cl3F7N3S.H2O2/c14-6-1-5(12(18,19)20)2-7(15)10(6)24-9(4-25)11(8(3-22)23-24)26-13(16,17)21;14-5-1-4(12(20,21)22)2-6(17)8(5)26-9(11(18)19)10(7(3-24)25-26)28(27)13(15,16)23;14-5-1-4(12(20,21)22)2-6(17)8(5)26-9(11(18)19)10(7(3-24)25-26)27-13(15,16)23;1-2/h1-2,4H;1-2,11H;1-2,11H;1-2H. The maximum absolute atomic E-state index is 14.3. The highest BCUT2D eigenvalue weighted by molar-refractivity contribution is 8.03. The third-order valence-electron chi connectivity index (χ3n) is 8.97. The van der Waals surface area contributed by atoms with Gasteiger partial charge in [-0.15, -0.1) is 0 Å². The van der Waals surface area contributed by atoms with Crippen LogP contribution in [0.25, 0.3) is 17.1 Å². The van der Waals surface area contributed by atoms with Crippen LogP contribution in [0.1, 0.15) is 68.5 Å². The number of nitriles is 3. The second-order valence-corrected chi connectivity index (χ2v) is 24.7. The lowest BCUT2D eigenvalue weighted by Gasteiger charge is -2.14. The van der Waals surface area contributed by atoms with Crippen LogP contribution in [0.2, 0.25) is 20.1 Å². The Morgan fingerprint density at radius 3 is 1.16 bits per heavy atom. The number of thioether (sulfide) groups is 2. The van der Waals surface area contributed by atoms with Gasteiger partial charge in [0.25, 0.3) is 12.9 Å². The molecule has 3 heterocycles. The number of aldehydes is 1. The van der Waals surface area contributed by atoms with Crippen LogP contribution in [0, 0.1) is 45.6 Å². The lowest BCUT2D eigenvalue weighted by molar-refractivity contribution is -0.176. The number of carbonyl (C=O) groups excluding carboxylic acids is 1. The molecule has 0 saturated carbocycles. The van der Waals surface area contributed by atoms with E-state index >= 15 is 0 Å². The van der Waals surface area contributed by atoms with Crippen LogP contribution in [0.3, 0.4) is 0 Å². The van der Waals surface area contributed by atoms with E-state index in [0.29, 0.717) is 12.1 Å². The number of halogens is 28. The molecule has 2 N–H and O–H groups in total. The number of hydrogen-bond acceptors (Lipinski definition) is 12. The lowest BCUT2D eigenvalue weighted by atomic mass is 10.2. The lowest BCUT2D eigenvalue weighted by Crippen LogP contribution is -2.16. The predicted molar refractivity (Wildman–Crippen MR) is 265 cm³/mol. The van der Waals surface area contributed by atoms with Crippen molar-refractivity contribution in [1.29, 1.82) is 15.8 Å². The number of nitrogens with zero attached hydrogens (tertiary/aromatic N) is 9. The summed E-state index contributed by atoms with van der Waals surface area (Å²) >= 11 is 53.5. The Kier molecular flexibility index (Phi) is 24.8. The zero-order valence-corrected chi connectivity index (χ0v) is 47.7. The molecule has 6 rings (SSSR count). The quantitative estimate of drug-likeness (QED) is 0.0294. The molecule has 1 atom stereocenters. The Bertz CT molecular complexity index is 3500. The zero-order chi connectivity index (χ0) is 64.2. The van der Waals surface area contributed by atoms with E-state index in [1.165, 1.54) is 12.1 Å². The first kappa shape index (κ1) is 73.1. The van der Waals surface area contributed by atoms with Gasteiger partial charge < -0.3 is 0 Å². The normalized spacial score (nSPS) is 12.5. The smallest absolute Gasteiger partial charge is 0.296 e. The van der Waals surface area contributed by atoms with Crippen LogP contribution in [0.15, 0.2) is 51.1 Å². The SMILES string of the molecule is N#Cc1nn(-c2c(Cl)cc(C(F)(F)F)cc2Cl)c(C=O)c1SC(F)(Cl)Cl.N#Cc1nn(-c2c(F)cc(C(F)(F)F)cc2Cl)c(C(F)F)c1S(=O)C(F)(Cl)Cl.N#Cc1nn(-c2c(F)cc(C(F)(F)F)cc2Cl)c(C(F)F)c1SC(F)(Cl)Cl.OO. The first-order chi connectivity index (χ1) is 37.8. The Labute approximate surface area is 508 Å². The molecular formula is C39H11Cl10F18N9O4S3. The largest absolute Gasteiger partial charge is 0.416 e. The van der Waals surface area contributed by atoms with Gasteiger partial charge in [-0.05, 0) is 59.9 Å². The van der Waals surface area contributed by atoms with Crippen molar-refractivity contribution in [3.05, 3.63) is 119 Å². The van der Waals surface area contributed by atoms with E-state index in [4.69, 9.17) is 142 Å². The molecule has 83 heavy (non-hydrogen) atoms. The topological polar surface area (TPSA) is 199 Å². The van der Waals surface area contributed by atoms with E-state index in [1.54, 1.807) is 6.07 Å². The molecule has 0 saturated heterocycles. The van der Waals surface area contributed by atoms with E-state index in [0.717, 1.165) is 4.68 Å². The van der Waals surface area contributed by atoms with E-state index in [1.807, 2.05) is 0 Å². The minimum Gasteiger partial charge on any atom is -0.296 e. The van der Waals surface area contributed by atoms with Crippen molar-refractivity contribution in [2.24, 2.45) is 0 Å².